The van der Waals surface area contributed by atoms with Gasteiger partial charge in [-0.05, 0) is 26.6 Å². The number of nitrogens with zero attached hydrogens (tertiary/aromatic N) is 1. The lowest BCUT2D eigenvalue weighted by atomic mass is 10.0. The molecule has 3 heteroatoms. The van der Waals surface area contributed by atoms with Gasteiger partial charge in [-0.2, -0.15) is 0 Å². The maximum absolute atomic E-state index is 11.8. The SMILES string of the molecule is CCCCCCN(C)CC.O=C(C(=O)c1ccccc1)c1ccccc1. The number of hydrogen-bond donors (Lipinski definition) is 0. The molecule has 0 spiro atoms. The van der Waals surface area contributed by atoms with E-state index in [9.17, 15) is 9.59 Å². The van der Waals surface area contributed by atoms with E-state index in [1.807, 2.05) is 12.1 Å². The van der Waals surface area contributed by atoms with Gasteiger partial charge in [0.2, 0.25) is 11.6 Å². The van der Waals surface area contributed by atoms with Crippen molar-refractivity contribution in [3.8, 4) is 0 Å². The average molecular weight is 354 g/mol. The van der Waals surface area contributed by atoms with Crippen molar-refractivity contribution >= 4 is 11.6 Å². The third kappa shape index (κ3) is 8.21. The number of hydrogen-bond acceptors (Lipinski definition) is 3. The Kier molecular flexibility index (Phi) is 10.9. The van der Waals surface area contributed by atoms with Crippen LogP contribution in [0.2, 0.25) is 0 Å². The predicted octanol–water partition coefficient (Wildman–Crippen LogP) is 5.27. The standard InChI is InChI=1S/C14H10O2.C9H21N/c15-13(11-7-3-1-4-8-11)14(16)12-9-5-2-6-10-12;1-4-6-7-8-9-10(3)5-2/h1-10H;4-9H2,1-3H3. The molecule has 0 atom stereocenters. The van der Waals surface area contributed by atoms with Crippen molar-refractivity contribution in [2.75, 3.05) is 20.1 Å². The first-order valence-electron chi connectivity index (χ1n) is 9.47. The molecule has 0 bridgehead atoms. The Hall–Kier alpha value is -2.26. The van der Waals surface area contributed by atoms with E-state index in [1.165, 1.54) is 38.8 Å². The van der Waals surface area contributed by atoms with Crippen LogP contribution in [0.4, 0.5) is 0 Å². The van der Waals surface area contributed by atoms with E-state index in [0.29, 0.717) is 11.1 Å². The van der Waals surface area contributed by atoms with Crippen LogP contribution in [0.3, 0.4) is 0 Å². The van der Waals surface area contributed by atoms with Crippen molar-refractivity contribution in [3.05, 3.63) is 71.8 Å². The van der Waals surface area contributed by atoms with Gasteiger partial charge in [-0.15, -0.1) is 0 Å². The summed E-state index contributed by atoms with van der Waals surface area (Å²) in [6.45, 7) is 6.92. The highest BCUT2D eigenvalue weighted by atomic mass is 16.2. The molecule has 0 saturated heterocycles. The second-order valence-electron chi connectivity index (χ2n) is 6.35. The minimum absolute atomic E-state index is 0.427. The highest BCUT2D eigenvalue weighted by Crippen LogP contribution is 2.07. The third-order valence-electron chi connectivity index (χ3n) is 4.21. The Bertz CT molecular complexity index is 588. The highest BCUT2D eigenvalue weighted by Gasteiger charge is 2.16. The normalized spacial score (nSPS) is 10.2. The first kappa shape index (κ1) is 21.8. The van der Waals surface area contributed by atoms with Crippen LogP contribution < -0.4 is 0 Å². The highest BCUT2D eigenvalue weighted by molar-refractivity contribution is 6.49. The van der Waals surface area contributed by atoms with Gasteiger partial charge in [0.25, 0.3) is 0 Å². The van der Waals surface area contributed by atoms with E-state index in [1.54, 1.807) is 48.5 Å². The number of Topliss-reactive ketones (excluding diaryl/α,β-unsaturated/α-hetero) is 2. The zero-order valence-electron chi connectivity index (χ0n) is 16.3. The molecule has 0 N–H and O–H groups in total. The van der Waals surface area contributed by atoms with Crippen LogP contribution in [-0.2, 0) is 0 Å². The molecule has 2 aromatic rings. The number of ketones is 2. The summed E-state index contributed by atoms with van der Waals surface area (Å²) in [5, 5.41) is 0. The van der Waals surface area contributed by atoms with Gasteiger partial charge in [0, 0.05) is 11.1 Å². The van der Waals surface area contributed by atoms with Crippen molar-refractivity contribution < 1.29 is 9.59 Å². The van der Waals surface area contributed by atoms with Gasteiger partial charge in [-0.3, -0.25) is 9.59 Å². The molecule has 0 radical (unpaired) electrons. The second kappa shape index (κ2) is 13.0. The molecule has 0 saturated carbocycles. The van der Waals surface area contributed by atoms with E-state index in [0.717, 1.165) is 0 Å². The molecule has 0 aliphatic rings. The van der Waals surface area contributed by atoms with Gasteiger partial charge in [0.05, 0.1) is 0 Å². The van der Waals surface area contributed by atoms with Crippen LogP contribution >= 0.6 is 0 Å². The lowest BCUT2D eigenvalue weighted by Gasteiger charge is -2.12. The average Bonchev–Trinajstić information content (AvgIpc) is 2.71. The van der Waals surface area contributed by atoms with Crippen molar-refractivity contribution in [2.24, 2.45) is 0 Å². The monoisotopic (exact) mass is 353 g/mol. The molecule has 0 aliphatic carbocycles. The molecule has 140 valence electrons. The number of unbranched alkanes of at least 4 members (excludes halogenated alkanes) is 3. The molecule has 0 amide bonds. The molecule has 0 unspecified atom stereocenters. The van der Waals surface area contributed by atoms with Gasteiger partial charge >= 0.3 is 0 Å². The molecule has 2 aromatic carbocycles. The molecule has 3 nitrogen and oxygen atoms in total. The van der Waals surface area contributed by atoms with Gasteiger partial charge in [0.15, 0.2) is 0 Å². The van der Waals surface area contributed by atoms with E-state index in [4.69, 9.17) is 0 Å². The van der Waals surface area contributed by atoms with E-state index >= 15 is 0 Å². The van der Waals surface area contributed by atoms with Crippen LogP contribution in [0.25, 0.3) is 0 Å². The van der Waals surface area contributed by atoms with Crippen LogP contribution in [0, 0.1) is 0 Å². The Balaban J connectivity index is 0.000000294. The summed E-state index contributed by atoms with van der Waals surface area (Å²) in [6.07, 6.45) is 5.52. The Morgan fingerprint density at radius 3 is 1.58 bits per heavy atom. The van der Waals surface area contributed by atoms with Crippen molar-refractivity contribution in [2.45, 2.75) is 39.5 Å². The summed E-state index contributed by atoms with van der Waals surface area (Å²) in [4.78, 5) is 26.0. The maximum atomic E-state index is 11.8. The van der Waals surface area contributed by atoms with Crippen molar-refractivity contribution in [1.82, 2.24) is 4.90 Å². The topological polar surface area (TPSA) is 37.4 Å². The zero-order chi connectivity index (χ0) is 19.2. The first-order valence-corrected chi connectivity index (χ1v) is 9.47. The minimum Gasteiger partial charge on any atom is -0.307 e. The van der Waals surface area contributed by atoms with Gasteiger partial charge in [-0.1, -0.05) is 93.8 Å². The molecular formula is C23H31NO2. The van der Waals surface area contributed by atoms with E-state index < -0.39 is 11.6 Å². The zero-order valence-corrected chi connectivity index (χ0v) is 16.3. The fourth-order valence-electron chi connectivity index (χ4n) is 2.41. The van der Waals surface area contributed by atoms with Crippen molar-refractivity contribution in [3.63, 3.8) is 0 Å². The summed E-state index contributed by atoms with van der Waals surface area (Å²) in [5.74, 6) is -0.932. The molecule has 0 aromatic heterocycles. The first-order chi connectivity index (χ1) is 12.6. The van der Waals surface area contributed by atoms with Gasteiger partial charge in [-0.25, -0.2) is 0 Å². The van der Waals surface area contributed by atoms with Crippen LogP contribution in [0.1, 0.15) is 60.2 Å². The van der Waals surface area contributed by atoms with E-state index in [2.05, 4.69) is 25.8 Å². The van der Waals surface area contributed by atoms with Crippen LogP contribution in [0.15, 0.2) is 60.7 Å². The molecule has 26 heavy (non-hydrogen) atoms. The molecule has 0 fully saturated rings. The second-order valence-corrected chi connectivity index (χ2v) is 6.35. The van der Waals surface area contributed by atoms with Gasteiger partial charge < -0.3 is 4.90 Å². The quantitative estimate of drug-likeness (QED) is 0.350. The Labute approximate surface area is 158 Å². The number of rotatable bonds is 9. The maximum Gasteiger partial charge on any atom is 0.233 e. The van der Waals surface area contributed by atoms with E-state index in [-0.39, 0.29) is 0 Å². The predicted molar refractivity (Wildman–Crippen MR) is 109 cm³/mol. The Morgan fingerprint density at radius 1 is 0.731 bits per heavy atom. The lowest BCUT2D eigenvalue weighted by Crippen LogP contribution is -2.18. The summed E-state index contributed by atoms with van der Waals surface area (Å²) >= 11 is 0. The number of benzene rings is 2. The minimum atomic E-state index is -0.466. The Morgan fingerprint density at radius 2 is 1.19 bits per heavy atom. The molecule has 0 aliphatic heterocycles. The fraction of sp³-hybridized carbons (Fsp3) is 0.391. The largest absolute Gasteiger partial charge is 0.307 e. The van der Waals surface area contributed by atoms with Crippen LogP contribution in [0.5, 0.6) is 0 Å². The molecule has 0 heterocycles. The lowest BCUT2D eigenvalue weighted by molar-refractivity contribution is 0.0817. The van der Waals surface area contributed by atoms with Gasteiger partial charge in [0.1, 0.15) is 0 Å². The summed E-state index contributed by atoms with van der Waals surface area (Å²) < 4.78 is 0. The van der Waals surface area contributed by atoms with Crippen LogP contribution in [-0.4, -0.2) is 36.6 Å². The third-order valence-corrected chi connectivity index (χ3v) is 4.21. The number of carbonyl (C=O) groups is 2. The summed E-state index contributed by atoms with van der Waals surface area (Å²) in [5.41, 5.74) is 0.854. The molecule has 2 rings (SSSR count). The smallest absolute Gasteiger partial charge is 0.233 e. The van der Waals surface area contributed by atoms with Crippen molar-refractivity contribution in [1.29, 1.82) is 0 Å². The molecular weight excluding hydrogens is 322 g/mol. The number of carbonyl (C=O) groups excluding carboxylic acids is 2. The summed E-state index contributed by atoms with van der Waals surface area (Å²) in [7, 11) is 2.19. The fourth-order valence-corrected chi connectivity index (χ4v) is 2.41. The summed E-state index contributed by atoms with van der Waals surface area (Å²) in [6, 6.07) is 17.2.